The molecule has 0 fully saturated rings. The fourth-order valence-corrected chi connectivity index (χ4v) is 1.98. The number of rotatable bonds is 3. The third kappa shape index (κ3) is 5.03. The van der Waals surface area contributed by atoms with Crippen LogP contribution in [0.3, 0.4) is 0 Å². The summed E-state index contributed by atoms with van der Waals surface area (Å²) in [5.74, 6) is -2.37. The van der Waals surface area contributed by atoms with Gasteiger partial charge in [-0.2, -0.15) is 18.3 Å². The van der Waals surface area contributed by atoms with E-state index in [4.69, 9.17) is 11.6 Å². The van der Waals surface area contributed by atoms with Crippen molar-refractivity contribution >= 4 is 34.8 Å². The Labute approximate surface area is 151 Å². The highest BCUT2D eigenvalue weighted by atomic mass is 35.5. The molecule has 0 unspecified atom stereocenters. The van der Waals surface area contributed by atoms with Gasteiger partial charge < -0.3 is 5.32 Å². The maximum absolute atomic E-state index is 12.7. The lowest BCUT2D eigenvalue weighted by molar-refractivity contribution is -0.137. The van der Waals surface area contributed by atoms with E-state index in [1.807, 2.05) is 10.7 Å². The zero-order valence-corrected chi connectivity index (χ0v) is 14.0. The van der Waals surface area contributed by atoms with Crippen LogP contribution < -0.4 is 10.7 Å². The molecule has 1 aromatic heterocycles. The summed E-state index contributed by atoms with van der Waals surface area (Å²) in [6.07, 6.45) is -1.56. The van der Waals surface area contributed by atoms with Gasteiger partial charge in [-0.3, -0.25) is 14.6 Å². The summed E-state index contributed by atoms with van der Waals surface area (Å²) in [5, 5.41) is 5.63. The van der Waals surface area contributed by atoms with E-state index < -0.39 is 23.6 Å². The minimum atomic E-state index is -4.61. The van der Waals surface area contributed by atoms with E-state index in [1.165, 1.54) is 12.4 Å². The van der Waals surface area contributed by atoms with E-state index in [0.717, 1.165) is 12.1 Å². The smallest absolute Gasteiger partial charge is 0.316 e. The van der Waals surface area contributed by atoms with Gasteiger partial charge in [0, 0.05) is 18.0 Å². The van der Waals surface area contributed by atoms with Crippen molar-refractivity contribution in [1.82, 2.24) is 10.4 Å². The number of benzene rings is 1. The normalized spacial score (nSPS) is 11.8. The van der Waals surface area contributed by atoms with Crippen molar-refractivity contribution in [3.63, 3.8) is 0 Å². The number of hydrogen-bond acceptors (Lipinski definition) is 4. The van der Waals surface area contributed by atoms with Gasteiger partial charge in [-0.05, 0) is 37.3 Å². The number of aromatic nitrogens is 1. The topological polar surface area (TPSA) is 83.5 Å². The van der Waals surface area contributed by atoms with Crippen LogP contribution in [-0.4, -0.2) is 22.5 Å². The molecule has 0 aliphatic carbocycles. The SMILES string of the molecule is C/C(=N\NC(=O)C(=O)Nc1cc(C(F)(F)F)ccc1Cl)c1ccncc1. The Bertz CT molecular complexity index is 854. The minimum Gasteiger partial charge on any atom is -0.316 e. The number of anilines is 1. The molecule has 26 heavy (non-hydrogen) atoms. The molecule has 2 aromatic rings. The van der Waals surface area contributed by atoms with Crippen molar-refractivity contribution in [3.8, 4) is 0 Å². The second-order valence-corrected chi connectivity index (χ2v) is 5.43. The van der Waals surface area contributed by atoms with E-state index in [0.29, 0.717) is 17.3 Å². The first-order chi connectivity index (χ1) is 12.2. The number of carbonyl (C=O) groups excluding carboxylic acids is 2. The highest BCUT2D eigenvalue weighted by molar-refractivity contribution is 6.41. The summed E-state index contributed by atoms with van der Waals surface area (Å²) in [5.41, 5.74) is 1.75. The summed E-state index contributed by atoms with van der Waals surface area (Å²) in [6.45, 7) is 1.59. The third-order valence-electron chi connectivity index (χ3n) is 3.17. The fraction of sp³-hybridized carbons (Fsp3) is 0.125. The van der Waals surface area contributed by atoms with Crippen LogP contribution in [0.5, 0.6) is 0 Å². The Balaban J connectivity index is 2.07. The number of hydrazone groups is 1. The van der Waals surface area contributed by atoms with Gasteiger partial charge in [-0.15, -0.1) is 0 Å². The van der Waals surface area contributed by atoms with E-state index in [9.17, 15) is 22.8 Å². The monoisotopic (exact) mass is 384 g/mol. The molecule has 10 heteroatoms. The molecule has 136 valence electrons. The van der Waals surface area contributed by atoms with Crippen LogP contribution in [0, 0.1) is 0 Å². The Kier molecular flexibility index (Phi) is 5.93. The first-order valence-corrected chi connectivity index (χ1v) is 7.49. The summed E-state index contributed by atoms with van der Waals surface area (Å²) in [4.78, 5) is 27.4. The molecule has 2 N–H and O–H groups in total. The molecule has 0 spiro atoms. The van der Waals surface area contributed by atoms with Crippen molar-refractivity contribution in [1.29, 1.82) is 0 Å². The van der Waals surface area contributed by atoms with Crippen molar-refractivity contribution in [2.45, 2.75) is 13.1 Å². The van der Waals surface area contributed by atoms with E-state index in [2.05, 4.69) is 10.1 Å². The fourth-order valence-electron chi connectivity index (χ4n) is 1.82. The van der Waals surface area contributed by atoms with Crippen LogP contribution >= 0.6 is 11.6 Å². The van der Waals surface area contributed by atoms with Crippen LogP contribution in [-0.2, 0) is 15.8 Å². The van der Waals surface area contributed by atoms with Crippen LogP contribution in [0.25, 0.3) is 0 Å². The molecule has 0 atom stereocenters. The Morgan fingerprint density at radius 1 is 1.12 bits per heavy atom. The van der Waals surface area contributed by atoms with Gasteiger partial charge in [-0.1, -0.05) is 11.6 Å². The number of pyridine rings is 1. The Hall–Kier alpha value is -2.94. The van der Waals surface area contributed by atoms with E-state index in [1.54, 1.807) is 19.1 Å². The van der Waals surface area contributed by atoms with E-state index >= 15 is 0 Å². The quantitative estimate of drug-likeness (QED) is 0.484. The number of alkyl halides is 3. The van der Waals surface area contributed by atoms with Gasteiger partial charge in [0.1, 0.15) is 0 Å². The molecule has 2 amide bonds. The maximum atomic E-state index is 12.7. The molecule has 1 heterocycles. The average molecular weight is 385 g/mol. The van der Waals surface area contributed by atoms with Gasteiger partial charge in [0.15, 0.2) is 0 Å². The number of halogens is 4. The standard InChI is InChI=1S/C16H12ClF3N4O2/c1-9(10-4-6-21-7-5-10)23-24-15(26)14(25)22-13-8-11(16(18,19)20)2-3-12(13)17/h2-8H,1H3,(H,22,25)(H,24,26)/b23-9+. The average Bonchev–Trinajstić information content (AvgIpc) is 2.60. The van der Waals surface area contributed by atoms with Crippen molar-refractivity contribution in [2.75, 3.05) is 5.32 Å². The molecule has 6 nitrogen and oxygen atoms in total. The third-order valence-corrected chi connectivity index (χ3v) is 3.50. The summed E-state index contributed by atoms with van der Waals surface area (Å²) < 4.78 is 38.1. The largest absolute Gasteiger partial charge is 0.416 e. The highest BCUT2D eigenvalue weighted by Gasteiger charge is 2.31. The predicted molar refractivity (Wildman–Crippen MR) is 89.7 cm³/mol. The van der Waals surface area contributed by atoms with Crippen molar-refractivity contribution in [3.05, 3.63) is 58.9 Å². The molecule has 0 aliphatic heterocycles. The van der Waals surface area contributed by atoms with Crippen molar-refractivity contribution < 1.29 is 22.8 Å². The lowest BCUT2D eigenvalue weighted by Crippen LogP contribution is -2.33. The second kappa shape index (κ2) is 7.96. The predicted octanol–water partition coefficient (Wildman–Crippen LogP) is 3.23. The first kappa shape index (κ1) is 19.4. The highest BCUT2D eigenvalue weighted by Crippen LogP contribution is 2.33. The molecule has 0 aliphatic rings. The molecule has 2 rings (SSSR count). The minimum absolute atomic E-state index is 0.143. The Morgan fingerprint density at radius 2 is 1.77 bits per heavy atom. The zero-order chi connectivity index (χ0) is 19.3. The molecule has 0 saturated heterocycles. The van der Waals surface area contributed by atoms with Crippen LogP contribution in [0.15, 0.2) is 47.8 Å². The van der Waals surface area contributed by atoms with Gasteiger partial charge in [0.05, 0.1) is 22.0 Å². The lowest BCUT2D eigenvalue weighted by atomic mass is 10.2. The molecule has 0 radical (unpaired) electrons. The van der Waals surface area contributed by atoms with Crippen LogP contribution in [0.4, 0.5) is 18.9 Å². The summed E-state index contributed by atoms with van der Waals surface area (Å²) in [6, 6.07) is 5.67. The molecule has 0 saturated carbocycles. The number of hydrogen-bond donors (Lipinski definition) is 2. The second-order valence-electron chi connectivity index (χ2n) is 5.02. The van der Waals surface area contributed by atoms with Crippen LogP contribution in [0.2, 0.25) is 5.02 Å². The van der Waals surface area contributed by atoms with Gasteiger partial charge in [-0.25, -0.2) is 5.43 Å². The lowest BCUT2D eigenvalue weighted by Gasteiger charge is -2.11. The summed E-state index contributed by atoms with van der Waals surface area (Å²) >= 11 is 5.76. The summed E-state index contributed by atoms with van der Waals surface area (Å²) in [7, 11) is 0. The maximum Gasteiger partial charge on any atom is 0.416 e. The van der Waals surface area contributed by atoms with Gasteiger partial charge >= 0.3 is 18.0 Å². The number of nitrogens with zero attached hydrogens (tertiary/aromatic N) is 2. The molecule has 0 bridgehead atoms. The molecular formula is C16H12ClF3N4O2. The Morgan fingerprint density at radius 3 is 2.38 bits per heavy atom. The molecule has 1 aromatic carbocycles. The number of carbonyl (C=O) groups is 2. The van der Waals surface area contributed by atoms with Gasteiger partial charge in [0.25, 0.3) is 0 Å². The van der Waals surface area contributed by atoms with Gasteiger partial charge in [0.2, 0.25) is 0 Å². The first-order valence-electron chi connectivity index (χ1n) is 7.11. The van der Waals surface area contributed by atoms with Crippen molar-refractivity contribution in [2.24, 2.45) is 5.10 Å². The van der Waals surface area contributed by atoms with E-state index in [-0.39, 0.29) is 10.7 Å². The number of nitrogens with one attached hydrogen (secondary N) is 2. The van der Waals surface area contributed by atoms with Crippen LogP contribution in [0.1, 0.15) is 18.1 Å². The number of amides is 2. The zero-order valence-electron chi connectivity index (χ0n) is 13.3. The molecular weight excluding hydrogens is 373 g/mol.